The normalized spacial score (nSPS) is 22.4. The van der Waals surface area contributed by atoms with Gasteiger partial charge in [-0.2, -0.15) is 10.4 Å². The number of halogens is 1. The van der Waals surface area contributed by atoms with Crippen molar-refractivity contribution in [3.63, 3.8) is 0 Å². The number of hydrogen-bond donors (Lipinski definition) is 2. The largest absolute Gasteiger partial charge is 0.365 e. The van der Waals surface area contributed by atoms with E-state index >= 15 is 0 Å². The van der Waals surface area contributed by atoms with Gasteiger partial charge in [0.05, 0.1) is 18.0 Å². The highest BCUT2D eigenvalue weighted by Gasteiger charge is 2.33. The highest BCUT2D eigenvalue weighted by Crippen LogP contribution is 2.36. The SMILES string of the molecule is N#CC1CC(C=O)CC[C@H]1n1cc(C(N)=O)c(Nc2ccc(F)cc2)n1. The van der Waals surface area contributed by atoms with Crippen LogP contribution < -0.4 is 11.1 Å². The monoisotopic (exact) mass is 355 g/mol. The lowest BCUT2D eigenvalue weighted by Crippen LogP contribution is -2.27. The Morgan fingerprint density at radius 3 is 2.73 bits per heavy atom. The van der Waals surface area contributed by atoms with Crippen LogP contribution in [-0.2, 0) is 4.79 Å². The fourth-order valence-electron chi connectivity index (χ4n) is 3.27. The van der Waals surface area contributed by atoms with E-state index in [9.17, 15) is 19.2 Å². The molecule has 2 unspecified atom stereocenters. The zero-order chi connectivity index (χ0) is 18.7. The molecular weight excluding hydrogens is 337 g/mol. The van der Waals surface area contributed by atoms with Crippen LogP contribution in [0.25, 0.3) is 0 Å². The number of hydrogen-bond acceptors (Lipinski definition) is 5. The maximum Gasteiger partial charge on any atom is 0.254 e. The molecule has 134 valence electrons. The number of nitriles is 1. The molecule has 0 saturated heterocycles. The smallest absolute Gasteiger partial charge is 0.254 e. The molecule has 1 saturated carbocycles. The van der Waals surface area contributed by atoms with Gasteiger partial charge in [0, 0.05) is 17.8 Å². The lowest BCUT2D eigenvalue weighted by Gasteiger charge is -2.30. The van der Waals surface area contributed by atoms with Crippen LogP contribution in [0.4, 0.5) is 15.9 Å². The molecule has 0 bridgehead atoms. The van der Waals surface area contributed by atoms with Gasteiger partial charge in [-0.05, 0) is 43.5 Å². The fourth-order valence-corrected chi connectivity index (χ4v) is 3.27. The number of nitrogens with one attached hydrogen (secondary N) is 1. The van der Waals surface area contributed by atoms with Crippen LogP contribution in [0, 0.1) is 29.0 Å². The Balaban J connectivity index is 1.89. The summed E-state index contributed by atoms with van der Waals surface area (Å²) in [6.45, 7) is 0. The molecule has 0 spiro atoms. The standard InChI is InChI=1S/C18H18FN5O2/c19-13-2-4-14(5-3-13)22-18-15(17(21)26)9-24(23-18)16-6-1-11(10-25)7-12(16)8-20/h2-5,9-12,16H,1,6-7H2,(H2,21,26)(H,22,23)/t11?,12?,16-/m1/s1. The third-order valence-electron chi connectivity index (χ3n) is 4.66. The number of anilines is 2. The molecule has 3 N–H and O–H groups in total. The molecule has 1 aliphatic rings. The summed E-state index contributed by atoms with van der Waals surface area (Å²) in [5.41, 5.74) is 6.18. The molecule has 1 heterocycles. The van der Waals surface area contributed by atoms with E-state index in [2.05, 4.69) is 16.5 Å². The number of carbonyl (C=O) groups excluding carboxylic acids is 2. The fraction of sp³-hybridized carbons (Fsp3) is 0.333. The second-order valence-electron chi connectivity index (χ2n) is 6.38. The summed E-state index contributed by atoms with van der Waals surface area (Å²) >= 11 is 0. The summed E-state index contributed by atoms with van der Waals surface area (Å²) in [6.07, 6.45) is 4.15. The number of nitrogens with zero attached hydrogens (tertiary/aromatic N) is 3. The van der Waals surface area contributed by atoms with Crippen molar-refractivity contribution in [1.29, 1.82) is 5.26 Å². The summed E-state index contributed by atoms with van der Waals surface area (Å²) in [7, 11) is 0. The summed E-state index contributed by atoms with van der Waals surface area (Å²) in [6, 6.07) is 7.61. The molecule has 1 aliphatic carbocycles. The van der Waals surface area contributed by atoms with Gasteiger partial charge in [0.2, 0.25) is 0 Å². The van der Waals surface area contributed by atoms with Crippen LogP contribution in [0.3, 0.4) is 0 Å². The van der Waals surface area contributed by atoms with Crippen LogP contribution >= 0.6 is 0 Å². The quantitative estimate of drug-likeness (QED) is 0.800. The second kappa shape index (κ2) is 7.35. The van der Waals surface area contributed by atoms with Gasteiger partial charge in [0.1, 0.15) is 17.7 Å². The lowest BCUT2D eigenvalue weighted by atomic mass is 9.79. The van der Waals surface area contributed by atoms with Crippen LogP contribution in [0.1, 0.15) is 35.7 Å². The summed E-state index contributed by atoms with van der Waals surface area (Å²) < 4.78 is 14.6. The first-order valence-electron chi connectivity index (χ1n) is 8.28. The van der Waals surface area contributed by atoms with Gasteiger partial charge in [-0.3, -0.25) is 9.48 Å². The van der Waals surface area contributed by atoms with E-state index in [0.717, 1.165) is 6.29 Å². The molecule has 3 atom stereocenters. The van der Waals surface area contributed by atoms with Gasteiger partial charge in [-0.1, -0.05) is 0 Å². The summed E-state index contributed by atoms with van der Waals surface area (Å²) in [4.78, 5) is 22.8. The molecule has 7 nitrogen and oxygen atoms in total. The molecule has 2 aromatic rings. The Kier molecular flexibility index (Phi) is 4.98. The topological polar surface area (TPSA) is 114 Å². The van der Waals surface area contributed by atoms with Crippen LogP contribution in [-0.4, -0.2) is 22.0 Å². The van der Waals surface area contributed by atoms with Gasteiger partial charge in [0.25, 0.3) is 5.91 Å². The Hall–Kier alpha value is -3.21. The van der Waals surface area contributed by atoms with E-state index in [1.807, 2.05) is 0 Å². The zero-order valence-corrected chi connectivity index (χ0v) is 13.9. The Morgan fingerprint density at radius 1 is 1.38 bits per heavy atom. The van der Waals surface area contributed by atoms with Gasteiger partial charge in [-0.25, -0.2) is 4.39 Å². The average Bonchev–Trinajstić information content (AvgIpc) is 3.07. The van der Waals surface area contributed by atoms with E-state index < -0.39 is 5.91 Å². The first-order valence-corrected chi connectivity index (χ1v) is 8.28. The molecule has 8 heteroatoms. The van der Waals surface area contributed by atoms with Gasteiger partial charge < -0.3 is 15.8 Å². The minimum Gasteiger partial charge on any atom is -0.365 e. The van der Waals surface area contributed by atoms with Gasteiger partial charge >= 0.3 is 0 Å². The zero-order valence-electron chi connectivity index (χ0n) is 13.9. The number of aldehydes is 1. The predicted octanol–water partition coefficient (Wildman–Crippen LogP) is 2.54. The van der Waals surface area contributed by atoms with Crippen LogP contribution in [0.2, 0.25) is 0 Å². The molecule has 1 aromatic heterocycles. The highest BCUT2D eigenvalue weighted by molar-refractivity contribution is 5.98. The number of primary amides is 1. The number of nitrogens with two attached hydrogens (primary N) is 1. The van der Waals surface area contributed by atoms with Crippen molar-refractivity contribution in [1.82, 2.24) is 9.78 Å². The van der Waals surface area contributed by atoms with Crippen molar-refractivity contribution in [2.45, 2.75) is 25.3 Å². The summed E-state index contributed by atoms with van der Waals surface area (Å²) in [5, 5.41) is 16.8. The molecule has 3 rings (SSSR count). The molecule has 0 radical (unpaired) electrons. The van der Waals surface area contributed by atoms with Crippen LogP contribution in [0.15, 0.2) is 30.5 Å². The minimum absolute atomic E-state index is 0.126. The van der Waals surface area contributed by atoms with E-state index in [0.29, 0.717) is 24.9 Å². The third kappa shape index (κ3) is 3.57. The number of benzene rings is 1. The van der Waals surface area contributed by atoms with E-state index in [4.69, 9.17) is 5.73 Å². The first kappa shape index (κ1) is 17.6. The molecule has 1 fully saturated rings. The maximum absolute atomic E-state index is 13.0. The van der Waals surface area contributed by atoms with E-state index in [-0.39, 0.29) is 35.1 Å². The van der Waals surface area contributed by atoms with Crippen molar-refractivity contribution in [3.05, 3.63) is 41.8 Å². The first-order chi connectivity index (χ1) is 12.5. The number of aromatic nitrogens is 2. The average molecular weight is 355 g/mol. The molecule has 1 amide bonds. The number of rotatable bonds is 5. The van der Waals surface area contributed by atoms with Crippen LogP contribution in [0.5, 0.6) is 0 Å². The molecule has 0 aliphatic heterocycles. The Labute approximate surface area is 149 Å². The third-order valence-corrected chi connectivity index (χ3v) is 4.66. The maximum atomic E-state index is 13.0. The van der Waals surface area contributed by atoms with Crippen molar-refractivity contribution >= 4 is 23.7 Å². The predicted molar refractivity (Wildman–Crippen MR) is 92.0 cm³/mol. The number of carbonyl (C=O) groups is 2. The Morgan fingerprint density at radius 2 is 2.12 bits per heavy atom. The van der Waals surface area contributed by atoms with Crippen molar-refractivity contribution in [2.24, 2.45) is 17.6 Å². The number of amides is 1. The minimum atomic E-state index is -0.657. The second-order valence-corrected chi connectivity index (χ2v) is 6.38. The van der Waals surface area contributed by atoms with Gasteiger partial charge in [0.15, 0.2) is 5.82 Å². The van der Waals surface area contributed by atoms with Crippen molar-refractivity contribution in [2.75, 3.05) is 5.32 Å². The molecular formula is C18H18FN5O2. The lowest BCUT2D eigenvalue weighted by molar-refractivity contribution is -0.112. The Bertz CT molecular complexity index is 855. The highest BCUT2D eigenvalue weighted by atomic mass is 19.1. The van der Waals surface area contributed by atoms with Crippen molar-refractivity contribution < 1.29 is 14.0 Å². The molecule has 26 heavy (non-hydrogen) atoms. The van der Waals surface area contributed by atoms with Crippen molar-refractivity contribution in [3.8, 4) is 6.07 Å². The van der Waals surface area contributed by atoms with E-state index in [1.54, 1.807) is 4.68 Å². The van der Waals surface area contributed by atoms with E-state index in [1.165, 1.54) is 30.5 Å². The van der Waals surface area contributed by atoms with Gasteiger partial charge in [-0.15, -0.1) is 0 Å². The molecule has 1 aromatic carbocycles. The summed E-state index contributed by atoms with van der Waals surface area (Å²) in [5.74, 6) is -1.29.